The molecule has 7 nitrogen and oxygen atoms in total. The predicted octanol–water partition coefficient (Wildman–Crippen LogP) is 3.50. The molecule has 1 heterocycles. The number of benzene rings is 2. The third kappa shape index (κ3) is 3.25. The number of para-hydroxylation sites is 1. The molecule has 0 aliphatic carbocycles. The quantitative estimate of drug-likeness (QED) is 0.332. The zero-order valence-corrected chi connectivity index (χ0v) is 13.3. The van der Waals surface area contributed by atoms with E-state index in [0.29, 0.717) is 5.56 Å². The normalized spacial score (nSPS) is 11.9. The van der Waals surface area contributed by atoms with E-state index in [9.17, 15) is 19.7 Å². The van der Waals surface area contributed by atoms with E-state index < -0.39 is 17.0 Å². The Kier molecular flexibility index (Phi) is 4.30. The van der Waals surface area contributed by atoms with E-state index in [1.165, 1.54) is 25.1 Å². The summed E-state index contributed by atoms with van der Waals surface area (Å²) in [5.74, 6) is -1.14. The van der Waals surface area contributed by atoms with Crippen molar-refractivity contribution in [2.45, 2.75) is 13.0 Å². The molecule has 0 aliphatic rings. The summed E-state index contributed by atoms with van der Waals surface area (Å²) in [4.78, 5) is 37.9. The minimum Gasteiger partial charge on any atom is -0.451 e. The van der Waals surface area contributed by atoms with Crippen LogP contribution in [-0.2, 0) is 4.74 Å². The van der Waals surface area contributed by atoms with Crippen molar-refractivity contribution in [1.82, 2.24) is 4.98 Å². The van der Waals surface area contributed by atoms with Gasteiger partial charge in [0.15, 0.2) is 6.10 Å². The molecule has 0 amide bonds. The highest BCUT2D eigenvalue weighted by atomic mass is 16.6. The van der Waals surface area contributed by atoms with E-state index in [0.717, 1.165) is 17.0 Å². The van der Waals surface area contributed by atoms with Crippen molar-refractivity contribution < 1.29 is 19.2 Å². The molecule has 0 spiro atoms. The van der Waals surface area contributed by atoms with Gasteiger partial charge >= 0.3 is 5.97 Å². The summed E-state index contributed by atoms with van der Waals surface area (Å²) in [6.07, 6.45) is 0.552. The Hall–Kier alpha value is -3.48. The molecule has 7 heteroatoms. The average Bonchev–Trinajstić information content (AvgIpc) is 3.05. The molecular weight excluding hydrogens is 324 g/mol. The molecule has 1 N–H and O–H groups in total. The molecule has 2 aromatic carbocycles. The second-order valence-corrected chi connectivity index (χ2v) is 5.47. The molecule has 0 saturated carbocycles. The summed E-state index contributed by atoms with van der Waals surface area (Å²) in [5.41, 5.74) is 1.04. The maximum absolute atomic E-state index is 12.6. The number of carbonyl (C=O) groups is 2. The van der Waals surface area contributed by atoms with Crippen LogP contribution in [-0.4, -0.2) is 27.8 Å². The number of nitro groups is 1. The number of esters is 1. The number of hydrogen-bond acceptors (Lipinski definition) is 5. The van der Waals surface area contributed by atoms with Crippen LogP contribution in [0.25, 0.3) is 10.9 Å². The van der Waals surface area contributed by atoms with Gasteiger partial charge in [0.1, 0.15) is 0 Å². The maximum atomic E-state index is 12.6. The molecule has 0 fully saturated rings. The van der Waals surface area contributed by atoms with E-state index in [2.05, 4.69) is 4.98 Å². The smallest absolute Gasteiger partial charge is 0.339 e. The number of H-pyrrole nitrogens is 1. The van der Waals surface area contributed by atoms with Gasteiger partial charge in [-0.05, 0) is 19.1 Å². The van der Waals surface area contributed by atoms with Gasteiger partial charge in [0.25, 0.3) is 5.69 Å². The number of nitrogens with zero attached hydrogens (tertiary/aromatic N) is 1. The molecule has 126 valence electrons. The van der Waals surface area contributed by atoms with Crippen molar-refractivity contribution in [3.8, 4) is 0 Å². The first-order chi connectivity index (χ1) is 12.0. The third-order valence-electron chi connectivity index (χ3n) is 3.80. The van der Waals surface area contributed by atoms with Gasteiger partial charge in [0.2, 0.25) is 5.78 Å². The Morgan fingerprint density at radius 3 is 2.68 bits per heavy atom. The largest absolute Gasteiger partial charge is 0.451 e. The van der Waals surface area contributed by atoms with Crippen molar-refractivity contribution in [2.24, 2.45) is 0 Å². The van der Waals surface area contributed by atoms with Crippen LogP contribution in [0.3, 0.4) is 0 Å². The van der Waals surface area contributed by atoms with Gasteiger partial charge in [-0.1, -0.05) is 24.3 Å². The average molecular weight is 338 g/mol. The topological polar surface area (TPSA) is 102 Å². The number of rotatable bonds is 5. The maximum Gasteiger partial charge on any atom is 0.339 e. The van der Waals surface area contributed by atoms with Crippen LogP contribution in [0.2, 0.25) is 0 Å². The SMILES string of the molecule is CC(OC(=O)c1cccc([N+](=O)[O-])c1)C(=O)c1c[nH]c2ccccc12. The van der Waals surface area contributed by atoms with E-state index in [1.807, 2.05) is 18.2 Å². The van der Waals surface area contributed by atoms with Gasteiger partial charge in [0, 0.05) is 34.8 Å². The van der Waals surface area contributed by atoms with Gasteiger partial charge in [-0.25, -0.2) is 4.79 Å². The molecule has 3 aromatic rings. The number of aromatic nitrogens is 1. The molecule has 0 saturated heterocycles. The van der Waals surface area contributed by atoms with E-state index in [1.54, 1.807) is 12.3 Å². The number of nitrogens with one attached hydrogen (secondary N) is 1. The van der Waals surface area contributed by atoms with E-state index >= 15 is 0 Å². The highest BCUT2D eigenvalue weighted by Crippen LogP contribution is 2.21. The number of aromatic amines is 1. The van der Waals surface area contributed by atoms with Crippen molar-refractivity contribution in [1.29, 1.82) is 0 Å². The Balaban J connectivity index is 1.78. The Labute approximate surface area is 142 Å². The lowest BCUT2D eigenvalue weighted by atomic mass is 10.1. The van der Waals surface area contributed by atoms with Gasteiger partial charge in [-0.2, -0.15) is 0 Å². The summed E-state index contributed by atoms with van der Waals surface area (Å²) in [5, 5.41) is 11.5. The van der Waals surface area contributed by atoms with Crippen LogP contribution >= 0.6 is 0 Å². The van der Waals surface area contributed by atoms with Gasteiger partial charge in [0.05, 0.1) is 10.5 Å². The van der Waals surface area contributed by atoms with Crippen molar-refractivity contribution in [3.05, 3.63) is 76.0 Å². The molecule has 1 unspecified atom stereocenters. The number of ketones is 1. The number of carbonyl (C=O) groups excluding carboxylic acids is 2. The lowest BCUT2D eigenvalue weighted by Crippen LogP contribution is -2.24. The number of nitro benzene ring substituents is 1. The fourth-order valence-electron chi connectivity index (χ4n) is 2.52. The first kappa shape index (κ1) is 16.4. The molecule has 0 aliphatic heterocycles. The van der Waals surface area contributed by atoms with E-state index in [4.69, 9.17) is 4.74 Å². The molecule has 3 rings (SSSR count). The number of fused-ring (bicyclic) bond motifs is 1. The van der Waals surface area contributed by atoms with Gasteiger partial charge in [-0.3, -0.25) is 14.9 Å². The number of Topliss-reactive ketones (excluding diaryl/α,β-unsaturated/α-hetero) is 1. The minimum atomic E-state index is -1.02. The Bertz CT molecular complexity index is 976. The zero-order chi connectivity index (χ0) is 18.0. The molecule has 1 atom stereocenters. The fraction of sp³-hybridized carbons (Fsp3) is 0.111. The van der Waals surface area contributed by atoms with Crippen LogP contribution < -0.4 is 0 Å². The molecule has 0 radical (unpaired) electrons. The van der Waals surface area contributed by atoms with Gasteiger partial charge in [-0.15, -0.1) is 0 Å². The summed E-state index contributed by atoms with van der Waals surface area (Å²) in [6, 6.07) is 12.5. The lowest BCUT2D eigenvalue weighted by molar-refractivity contribution is -0.384. The first-order valence-corrected chi connectivity index (χ1v) is 7.53. The summed E-state index contributed by atoms with van der Waals surface area (Å²) >= 11 is 0. The number of hydrogen-bond donors (Lipinski definition) is 1. The van der Waals surface area contributed by atoms with Gasteiger partial charge < -0.3 is 9.72 Å². The minimum absolute atomic E-state index is 0.0211. The summed E-state index contributed by atoms with van der Waals surface area (Å²) in [7, 11) is 0. The van der Waals surface area contributed by atoms with Crippen molar-refractivity contribution in [3.63, 3.8) is 0 Å². The Morgan fingerprint density at radius 2 is 1.92 bits per heavy atom. The van der Waals surface area contributed by atoms with Crippen LogP contribution in [0.1, 0.15) is 27.6 Å². The molecular formula is C18H14N2O5. The molecule has 0 bridgehead atoms. The van der Waals surface area contributed by atoms with Crippen molar-refractivity contribution >= 4 is 28.3 Å². The fourth-order valence-corrected chi connectivity index (χ4v) is 2.52. The third-order valence-corrected chi connectivity index (χ3v) is 3.80. The van der Waals surface area contributed by atoms with Crippen LogP contribution in [0.5, 0.6) is 0 Å². The second-order valence-electron chi connectivity index (χ2n) is 5.47. The molecule has 1 aromatic heterocycles. The summed E-state index contributed by atoms with van der Waals surface area (Å²) < 4.78 is 5.18. The highest BCUT2D eigenvalue weighted by Gasteiger charge is 2.23. The van der Waals surface area contributed by atoms with Crippen molar-refractivity contribution in [2.75, 3.05) is 0 Å². The van der Waals surface area contributed by atoms with Crippen LogP contribution in [0, 0.1) is 10.1 Å². The highest BCUT2D eigenvalue weighted by molar-refractivity contribution is 6.10. The predicted molar refractivity (Wildman–Crippen MR) is 90.6 cm³/mol. The number of non-ortho nitro benzene ring substituents is 1. The monoisotopic (exact) mass is 338 g/mol. The Morgan fingerprint density at radius 1 is 1.16 bits per heavy atom. The lowest BCUT2D eigenvalue weighted by Gasteiger charge is -2.12. The number of ether oxygens (including phenoxy) is 1. The van der Waals surface area contributed by atoms with E-state index in [-0.39, 0.29) is 17.0 Å². The van der Waals surface area contributed by atoms with Crippen LogP contribution in [0.15, 0.2) is 54.7 Å². The summed E-state index contributed by atoms with van der Waals surface area (Å²) in [6.45, 7) is 1.47. The first-order valence-electron chi connectivity index (χ1n) is 7.53. The second kappa shape index (κ2) is 6.56. The zero-order valence-electron chi connectivity index (χ0n) is 13.3. The van der Waals surface area contributed by atoms with Crippen LogP contribution in [0.4, 0.5) is 5.69 Å². The molecule has 25 heavy (non-hydrogen) atoms. The standard InChI is InChI=1S/C18H14N2O5/c1-11(17(21)15-10-19-16-8-3-2-7-14(15)16)25-18(22)12-5-4-6-13(9-12)20(23)24/h2-11,19H,1H3.